The number of aryl methyl sites for hydroxylation is 1. The third kappa shape index (κ3) is 5.41. The van der Waals surface area contributed by atoms with Gasteiger partial charge in [0, 0.05) is 43.0 Å². The summed E-state index contributed by atoms with van der Waals surface area (Å²) in [6.45, 7) is 8.22. The molecule has 4 heterocycles. The van der Waals surface area contributed by atoms with Gasteiger partial charge in [0.05, 0.1) is 29.6 Å². The Morgan fingerprint density at radius 3 is 2.59 bits per heavy atom. The number of hydrogen-bond acceptors (Lipinski definition) is 6. The lowest BCUT2D eigenvalue weighted by Crippen LogP contribution is -2.39. The van der Waals surface area contributed by atoms with Crippen molar-refractivity contribution in [2.24, 2.45) is 0 Å². The lowest BCUT2D eigenvalue weighted by Gasteiger charge is -2.30. The predicted molar refractivity (Wildman–Crippen MR) is 147 cm³/mol. The van der Waals surface area contributed by atoms with E-state index in [1.165, 1.54) is 13.2 Å². The first-order chi connectivity index (χ1) is 18.5. The molecule has 2 amide bonds. The minimum absolute atomic E-state index is 0.192. The standard InChI is InChI=1S/C29H30FN5O4/c1-17-15-35-16-19(14-23(30)26(35)31-17)32-27(36)22-7-6-20(21-8-9-24(38-5)33-25(21)22)18-10-12-34(13-11-18)28(37)39-29(2,3)4/h6-10,14-16H,11-13H2,1-5H3,(H,32,36). The van der Waals surface area contributed by atoms with Crippen molar-refractivity contribution in [3.63, 3.8) is 0 Å². The molecule has 3 aromatic heterocycles. The summed E-state index contributed by atoms with van der Waals surface area (Å²) in [6.07, 6.45) is 5.57. The molecule has 4 aromatic rings. The van der Waals surface area contributed by atoms with Gasteiger partial charge >= 0.3 is 6.09 Å². The maximum absolute atomic E-state index is 14.6. The molecular weight excluding hydrogens is 501 g/mol. The second-order valence-electron chi connectivity index (χ2n) is 10.5. The maximum atomic E-state index is 14.6. The zero-order valence-electron chi connectivity index (χ0n) is 22.5. The number of rotatable bonds is 4. The number of nitrogens with one attached hydrogen (secondary N) is 1. The van der Waals surface area contributed by atoms with E-state index in [9.17, 15) is 14.0 Å². The number of hydrogen-bond donors (Lipinski definition) is 1. The fourth-order valence-electron chi connectivity index (χ4n) is 4.63. The van der Waals surface area contributed by atoms with E-state index in [1.54, 1.807) is 40.8 Å². The Morgan fingerprint density at radius 1 is 1.10 bits per heavy atom. The zero-order chi connectivity index (χ0) is 27.9. The van der Waals surface area contributed by atoms with Gasteiger partial charge in [-0.3, -0.25) is 4.79 Å². The fraction of sp³-hybridized carbons (Fsp3) is 0.310. The van der Waals surface area contributed by atoms with Crippen LogP contribution in [0.15, 0.2) is 48.8 Å². The number of carbonyl (C=O) groups excluding carboxylic acids is 2. The Bertz CT molecular complexity index is 1640. The summed E-state index contributed by atoms with van der Waals surface area (Å²) in [4.78, 5) is 36.3. The largest absolute Gasteiger partial charge is 0.481 e. The normalized spacial score (nSPS) is 13.9. The van der Waals surface area contributed by atoms with E-state index >= 15 is 0 Å². The molecule has 0 aliphatic carbocycles. The fourth-order valence-corrected chi connectivity index (χ4v) is 4.63. The van der Waals surface area contributed by atoms with Crippen LogP contribution in [0.2, 0.25) is 0 Å². The van der Waals surface area contributed by atoms with Gasteiger partial charge < -0.3 is 24.1 Å². The van der Waals surface area contributed by atoms with Crippen molar-refractivity contribution in [1.82, 2.24) is 19.3 Å². The van der Waals surface area contributed by atoms with E-state index in [0.29, 0.717) is 47.9 Å². The van der Waals surface area contributed by atoms with Gasteiger partial charge in [-0.15, -0.1) is 0 Å². The van der Waals surface area contributed by atoms with Crippen molar-refractivity contribution in [2.75, 3.05) is 25.5 Å². The molecule has 1 aliphatic rings. The van der Waals surface area contributed by atoms with Crippen LogP contribution >= 0.6 is 0 Å². The Balaban J connectivity index is 1.46. The molecule has 0 atom stereocenters. The first kappa shape index (κ1) is 26.1. The predicted octanol–water partition coefficient (Wildman–Crippen LogP) is 5.62. The van der Waals surface area contributed by atoms with E-state index in [1.807, 2.05) is 39.0 Å². The summed E-state index contributed by atoms with van der Waals surface area (Å²) in [5, 5.41) is 3.56. The highest BCUT2D eigenvalue weighted by molar-refractivity contribution is 6.13. The van der Waals surface area contributed by atoms with Crippen LogP contribution in [0, 0.1) is 12.7 Å². The van der Waals surface area contributed by atoms with Crippen molar-refractivity contribution in [1.29, 1.82) is 0 Å². The van der Waals surface area contributed by atoms with Crippen LogP contribution in [0.1, 0.15) is 48.8 Å². The van der Waals surface area contributed by atoms with Crippen LogP contribution in [-0.4, -0.2) is 57.1 Å². The molecular formula is C29H30FN5O4. The molecule has 1 aliphatic heterocycles. The quantitative estimate of drug-likeness (QED) is 0.367. The van der Waals surface area contributed by atoms with Crippen molar-refractivity contribution >= 4 is 39.8 Å². The topological polar surface area (TPSA) is 98.1 Å². The molecule has 0 saturated heterocycles. The number of ether oxygens (including phenoxy) is 2. The van der Waals surface area contributed by atoms with Crippen molar-refractivity contribution < 1.29 is 23.5 Å². The Hall–Kier alpha value is -4.47. The number of fused-ring (bicyclic) bond motifs is 2. The Morgan fingerprint density at radius 2 is 1.90 bits per heavy atom. The molecule has 202 valence electrons. The molecule has 0 unspecified atom stereocenters. The second kappa shape index (κ2) is 10.0. The van der Waals surface area contributed by atoms with Gasteiger partial charge in [0.25, 0.3) is 5.91 Å². The average Bonchev–Trinajstić information content (AvgIpc) is 3.27. The van der Waals surface area contributed by atoms with Gasteiger partial charge in [0.15, 0.2) is 11.5 Å². The Kier molecular flexibility index (Phi) is 6.71. The van der Waals surface area contributed by atoms with E-state index in [-0.39, 0.29) is 11.7 Å². The summed E-state index contributed by atoms with van der Waals surface area (Å²) < 4.78 is 26.9. The number of imidazole rings is 1. The number of nitrogens with zero attached hydrogens (tertiary/aromatic N) is 4. The van der Waals surface area contributed by atoms with Crippen LogP contribution in [0.5, 0.6) is 5.88 Å². The van der Waals surface area contributed by atoms with Crippen LogP contribution in [0.3, 0.4) is 0 Å². The molecule has 9 nitrogen and oxygen atoms in total. The molecule has 1 aromatic carbocycles. The number of amides is 2. The molecule has 0 bridgehead atoms. The molecule has 0 spiro atoms. The van der Waals surface area contributed by atoms with Gasteiger partial charge in [-0.1, -0.05) is 12.1 Å². The number of carbonyl (C=O) groups is 2. The molecule has 0 fully saturated rings. The number of methoxy groups -OCH3 is 1. The summed E-state index contributed by atoms with van der Waals surface area (Å²) in [5.41, 5.74) is 3.33. The minimum Gasteiger partial charge on any atom is -0.481 e. The molecule has 10 heteroatoms. The summed E-state index contributed by atoms with van der Waals surface area (Å²) >= 11 is 0. The highest BCUT2D eigenvalue weighted by Gasteiger charge is 2.25. The second-order valence-corrected chi connectivity index (χ2v) is 10.5. The van der Waals surface area contributed by atoms with E-state index in [4.69, 9.17) is 9.47 Å². The third-order valence-electron chi connectivity index (χ3n) is 6.38. The number of anilines is 1. The number of benzene rings is 1. The average molecular weight is 532 g/mol. The lowest BCUT2D eigenvalue weighted by molar-refractivity contribution is 0.0270. The van der Waals surface area contributed by atoms with Gasteiger partial charge in [0.2, 0.25) is 5.88 Å². The Labute approximate surface area is 225 Å². The number of pyridine rings is 2. The first-order valence-corrected chi connectivity index (χ1v) is 12.6. The van der Waals surface area contributed by atoms with Crippen LogP contribution < -0.4 is 10.1 Å². The molecule has 5 rings (SSSR count). The molecule has 0 radical (unpaired) electrons. The van der Waals surface area contributed by atoms with Crippen molar-refractivity contribution in [3.05, 3.63) is 71.4 Å². The monoisotopic (exact) mass is 531 g/mol. The van der Waals surface area contributed by atoms with E-state index in [2.05, 4.69) is 15.3 Å². The molecule has 1 N–H and O–H groups in total. The van der Waals surface area contributed by atoms with E-state index < -0.39 is 17.3 Å². The lowest BCUT2D eigenvalue weighted by atomic mass is 9.93. The van der Waals surface area contributed by atoms with Crippen LogP contribution in [-0.2, 0) is 4.74 Å². The molecule has 39 heavy (non-hydrogen) atoms. The number of halogens is 1. The van der Waals surface area contributed by atoms with Crippen LogP contribution in [0.4, 0.5) is 14.9 Å². The summed E-state index contributed by atoms with van der Waals surface area (Å²) in [5.74, 6) is -0.606. The highest BCUT2D eigenvalue weighted by atomic mass is 19.1. The molecule has 0 saturated carbocycles. The van der Waals surface area contributed by atoms with Gasteiger partial charge in [-0.05, 0) is 57.4 Å². The van der Waals surface area contributed by atoms with Crippen LogP contribution in [0.25, 0.3) is 22.1 Å². The van der Waals surface area contributed by atoms with Crippen molar-refractivity contribution in [3.8, 4) is 5.88 Å². The smallest absolute Gasteiger partial charge is 0.410 e. The van der Waals surface area contributed by atoms with Gasteiger partial charge in [-0.25, -0.2) is 19.2 Å². The highest BCUT2D eigenvalue weighted by Crippen LogP contribution is 2.32. The van der Waals surface area contributed by atoms with E-state index in [0.717, 1.165) is 16.5 Å². The van der Waals surface area contributed by atoms with Gasteiger partial charge in [-0.2, -0.15) is 0 Å². The third-order valence-corrected chi connectivity index (χ3v) is 6.38. The van der Waals surface area contributed by atoms with Gasteiger partial charge in [0.1, 0.15) is 5.60 Å². The summed E-state index contributed by atoms with van der Waals surface area (Å²) in [6, 6.07) is 8.44. The van der Waals surface area contributed by atoms with Crippen molar-refractivity contribution in [2.45, 2.75) is 39.7 Å². The minimum atomic E-state index is -0.562. The number of aromatic nitrogens is 3. The first-order valence-electron chi connectivity index (χ1n) is 12.6. The maximum Gasteiger partial charge on any atom is 0.410 e. The summed E-state index contributed by atoms with van der Waals surface area (Å²) in [7, 11) is 1.51. The zero-order valence-corrected chi connectivity index (χ0v) is 22.5. The SMILES string of the molecule is COc1ccc2c(C3=CCN(C(=O)OC(C)(C)C)CC3)ccc(C(=O)Nc3cc(F)c4nc(C)cn4c3)c2n1.